The topological polar surface area (TPSA) is 86.5 Å². The number of primary sulfonamides is 1. The number of esters is 1. The quantitative estimate of drug-likeness (QED) is 0.844. The molecular formula is C12H16BrNO4S. The van der Waals surface area contributed by atoms with Crippen LogP contribution in [-0.4, -0.2) is 20.5 Å². The van der Waals surface area contributed by atoms with Crippen molar-refractivity contribution in [3.8, 4) is 0 Å². The third-order valence-electron chi connectivity index (χ3n) is 2.67. The van der Waals surface area contributed by atoms with Gasteiger partial charge in [0.25, 0.3) is 0 Å². The molecule has 0 radical (unpaired) electrons. The lowest BCUT2D eigenvalue weighted by molar-refractivity contribution is 0.0237. The maximum absolute atomic E-state index is 11.9. The Morgan fingerprint density at radius 3 is 2.32 bits per heavy atom. The average Bonchev–Trinajstić information content (AvgIpc) is 2.26. The van der Waals surface area contributed by atoms with Gasteiger partial charge in [-0.1, -0.05) is 29.8 Å². The van der Waals surface area contributed by atoms with E-state index in [2.05, 4.69) is 15.9 Å². The standard InChI is InChI=1S/C12H16BrNO4S/c1-7(2)8(3)18-12(15)9-4-10(13)6-11(5-9)19(14,16)17/h4-8H,1-3H3,(H2,14,16,17). The number of carbonyl (C=O) groups excluding carboxylic acids is 1. The zero-order valence-corrected chi connectivity index (χ0v) is 13.3. The summed E-state index contributed by atoms with van der Waals surface area (Å²) in [5, 5.41) is 5.04. The summed E-state index contributed by atoms with van der Waals surface area (Å²) in [7, 11) is -3.86. The zero-order valence-electron chi connectivity index (χ0n) is 10.9. The first kappa shape index (κ1) is 16.1. The summed E-state index contributed by atoms with van der Waals surface area (Å²) in [6, 6.07) is 4.03. The highest BCUT2D eigenvalue weighted by Crippen LogP contribution is 2.20. The molecule has 0 fully saturated rings. The van der Waals surface area contributed by atoms with E-state index in [0.29, 0.717) is 4.47 Å². The van der Waals surface area contributed by atoms with Gasteiger partial charge in [0.1, 0.15) is 6.10 Å². The summed E-state index contributed by atoms with van der Waals surface area (Å²) < 4.78 is 28.3. The second-order valence-electron chi connectivity index (χ2n) is 4.58. The fourth-order valence-electron chi connectivity index (χ4n) is 1.22. The van der Waals surface area contributed by atoms with Crippen molar-refractivity contribution in [3.05, 3.63) is 28.2 Å². The van der Waals surface area contributed by atoms with Crippen molar-refractivity contribution in [1.82, 2.24) is 0 Å². The summed E-state index contributed by atoms with van der Waals surface area (Å²) in [5.74, 6) is -0.402. The number of nitrogens with two attached hydrogens (primary N) is 1. The average molecular weight is 350 g/mol. The van der Waals surface area contributed by atoms with E-state index in [4.69, 9.17) is 9.88 Å². The zero-order chi connectivity index (χ0) is 14.8. The van der Waals surface area contributed by atoms with Gasteiger partial charge in [-0.3, -0.25) is 0 Å². The van der Waals surface area contributed by atoms with Crippen molar-refractivity contribution in [2.75, 3.05) is 0 Å². The van der Waals surface area contributed by atoms with Gasteiger partial charge >= 0.3 is 5.97 Å². The smallest absolute Gasteiger partial charge is 0.338 e. The van der Waals surface area contributed by atoms with E-state index >= 15 is 0 Å². The van der Waals surface area contributed by atoms with Crippen LogP contribution in [0.4, 0.5) is 0 Å². The molecule has 0 spiro atoms. The molecule has 1 aromatic rings. The Balaban J connectivity index is 3.08. The molecule has 7 heteroatoms. The minimum Gasteiger partial charge on any atom is -0.459 e. The first-order valence-corrected chi connectivity index (χ1v) is 7.99. The van der Waals surface area contributed by atoms with Gasteiger partial charge in [-0.05, 0) is 31.0 Å². The number of sulfonamides is 1. The van der Waals surface area contributed by atoms with Gasteiger partial charge in [0, 0.05) is 4.47 Å². The van der Waals surface area contributed by atoms with E-state index in [1.54, 1.807) is 6.92 Å². The highest BCUT2D eigenvalue weighted by Gasteiger charge is 2.18. The lowest BCUT2D eigenvalue weighted by Crippen LogP contribution is -2.21. The minimum atomic E-state index is -3.86. The van der Waals surface area contributed by atoms with E-state index in [1.807, 2.05) is 13.8 Å². The van der Waals surface area contributed by atoms with Crippen LogP contribution in [-0.2, 0) is 14.8 Å². The van der Waals surface area contributed by atoms with E-state index < -0.39 is 16.0 Å². The highest BCUT2D eigenvalue weighted by atomic mass is 79.9. The van der Waals surface area contributed by atoms with E-state index in [9.17, 15) is 13.2 Å². The van der Waals surface area contributed by atoms with Crippen molar-refractivity contribution in [2.45, 2.75) is 31.8 Å². The lowest BCUT2D eigenvalue weighted by Gasteiger charge is -2.16. The van der Waals surface area contributed by atoms with Crippen molar-refractivity contribution < 1.29 is 17.9 Å². The van der Waals surface area contributed by atoms with Crippen LogP contribution in [0, 0.1) is 5.92 Å². The predicted octanol–water partition coefficient (Wildman–Crippen LogP) is 2.30. The van der Waals surface area contributed by atoms with Crippen LogP contribution < -0.4 is 5.14 Å². The molecule has 5 nitrogen and oxygen atoms in total. The Labute approximate surface area is 121 Å². The monoisotopic (exact) mass is 349 g/mol. The maximum Gasteiger partial charge on any atom is 0.338 e. The molecule has 1 rings (SSSR count). The Morgan fingerprint density at radius 2 is 1.84 bits per heavy atom. The molecule has 1 atom stereocenters. The maximum atomic E-state index is 11.9. The Hall–Kier alpha value is -0.920. The van der Waals surface area contributed by atoms with E-state index in [0.717, 1.165) is 0 Å². The number of rotatable bonds is 4. The van der Waals surface area contributed by atoms with Crippen LogP contribution in [0.2, 0.25) is 0 Å². The third-order valence-corrected chi connectivity index (χ3v) is 4.02. The molecule has 1 unspecified atom stereocenters. The largest absolute Gasteiger partial charge is 0.459 e. The molecule has 0 saturated carbocycles. The predicted molar refractivity (Wildman–Crippen MR) is 75.2 cm³/mol. The van der Waals surface area contributed by atoms with Crippen LogP contribution in [0.25, 0.3) is 0 Å². The molecule has 0 aliphatic heterocycles. The summed E-state index contributed by atoms with van der Waals surface area (Å²) in [6.45, 7) is 5.63. The summed E-state index contributed by atoms with van der Waals surface area (Å²) >= 11 is 3.14. The normalized spacial score (nSPS) is 13.4. The first-order valence-electron chi connectivity index (χ1n) is 5.65. The molecule has 0 bridgehead atoms. The van der Waals surface area contributed by atoms with Gasteiger partial charge < -0.3 is 4.74 Å². The molecule has 0 aliphatic rings. The molecule has 0 amide bonds. The molecule has 0 aromatic heterocycles. The number of hydrogen-bond acceptors (Lipinski definition) is 4. The fourth-order valence-corrected chi connectivity index (χ4v) is 2.45. The second kappa shape index (κ2) is 6.02. The summed E-state index contributed by atoms with van der Waals surface area (Å²) in [6.07, 6.45) is -0.260. The molecule has 1 aromatic carbocycles. The Morgan fingerprint density at radius 1 is 1.26 bits per heavy atom. The van der Waals surface area contributed by atoms with Crippen LogP contribution in [0.3, 0.4) is 0 Å². The van der Waals surface area contributed by atoms with Crippen molar-refractivity contribution in [3.63, 3.8) is 0 Å². The van der Waals surface area contributed by atoms with E-state index in [-0.39, 0.29) is 22.5 Å². The van der Waals surface area contributed by atoms with E-state index in [1.165, 1.54) is 18.2 Å². The number of hydrogen-bond donors (Lipinski definition) is 1. The highest BCUT2D eigenvalue weighted by molar-refractivity contribution is 9.10. The molecule has 0 aliphatic carbocycles. The number of ether oxygens (including phenoxy) is 1. The van der Waals surface area contributed by atoms with Gasteiger partial charge in [0.15, 0.2) is 0 Å². The minimum absolute atomic E-state index is 0.133. The Bertz CT molecular complexity index is 583. The van der Waals surface area contributed by atoms with Gasteiger partial charge in [-0.25, -0.2) is 18.4 Å². The molecule has 106 valence electrons. The SMILES string of the molecule is CC(C)C(C)OC(=O)c1cc(Br)cc(S(N)(=O)=O)c1. The third kappa shape index (κ3) is 4.59. The van der Waals surface area contributed by atoms with Crippen molar-refractivity contribution in [2.24, 2.45) is 11.1 Å². The molecule has 19 heavy (non-hydrogen) atoms. The summed E-state index contributed by atoms with van der Waals surface area (Å²) in [4.78, 5) is 11.8. The van der Waals surface area contributed by atoms with Crippen molar-refractivity contribution in [1.29, 1.82) is 0 Å². The molecule has 0 saturated heterocycles. The van der Waals surface area contributed by atoms with Crippen LogP contribution in [0.15, 0.2) is 27.6 Å². The number of halogens is 1. The molecular weight excluding hydrogens is 334 g/mol. The number of carbonyl (C=O) groups is 1. The molecule has 0 heterocycles. The van der Waals surface area contributed by atoms with Gasteiger partial charge in [-0.2, -0.15) is 0 Å². The Kier molecular flexibility index (Phi) is 5.11. The molecule has 2 N–H and O–H groups in total. The van der Waals surface area contributed by atoms with Gasteiger partial charge in [0.2, 0.25) is 10.0 Å². The van der Waals surface area contributed by atoms with Crippen LogP contribution in [0.5, 0.6) is 0 Å². The second-order valence-corrected chi connectivity index (χ2v) is 7.05. The lowest BCUT2D eigenvalue weighted by atomic mass is 10.1. The van der Waals surface area contributed by atoms with Crippen LogP contribution >= 0.6 is 15.9 Å². The van der Waals surface area contributed by atoms with Crippen molar-refractivity contribution >= 4 is 31.9 Å². The van der Waals surface area contributed by atoms with Gasteiger partial charge in [0.05, 0.1) is 10.5 Å². The van der Waals surface area contributed by atoms with Crippen LogP contribution in [0.1, 0.15) is 31.1 Å². The van der Waals surface area contributed by atoms with Gasteiger partial charge in [-0.15, -0.1) is 0 Å². The summed E-state index contributed by atoms with van der Waals surface area (Å²) in [5.41, 5.74) is 0.144. The number of benzene rings is 1. The fraction of sp³-hybridized carbons (Fsp3) is 0.417. The first-order chi connectivity index (χ1) is 8.61.